The number of terminal acetylenes is 1. The molecule has 0 aromatic rings. The van der Waals surface area contributed by atoms with E-state index in [2.05, 4.69) is 43.4 Å². The SMILES string of the molecule is C#CC(C(C)C)N1CC2CCCN2CC1C(C)C. The van der Waals surface area contributed by atoms with Gasteiger partial charge in [0.15, 0.2) is 0 Å². The maximum Gasteiger partial charge on any atom is 0.0738 e. The molecule has 18 heavy (non-hydrogen) atoms. The fraction of sp³-hybridized carbons (Fsp3) is 0.875. The maximum absolute atomic E-state index is 5.80. The van der Waals surface area contributed by atoms with E-state index in [1.165, 1.54) is 32.5 Å². The van der Waals surface area contributed by atoms with Crippen molar-refractivity contribution in [3.63, 3.8) is 0 Å². The highest BCUT2D eigenvalue weighted by Crippen LogP contribution is 2.30. The zero-order valence-electron chi connectivity index (χ0n) is 12.4. The smallest absolute Gasteiger partial charge is 0.0738 e. The minimum Gasteiger partial charge on any atom is -0.298 e. The Bertz CT molecular complexity index is 316. The molecule has 2 rings (SSSR count). The fourth-order valence-electron chi connectivity index (χ4n) is 3.65. The summed E-state index contributed by atoms with van der Waals surface area (Å²) in [4.78, 5) is 5.32. The third kappa shape index (κ3) is 2.58. The molecule has 0 saturated carbocycles. The Kier molecular flexibility index (Phi) is 4.35. The van der Waals surface area contributed by atoms with Crippen LogP contribution in [0.3, 0.4) is 0 Å². The molecule has 2 heterocycles. The van der Waals surface area contributed by atoms with Crippen LogP contribution in [0.5, 0.6) is 0 Å². The van der Waals surface area contributed by atoms with Crippen molar-refractivity contribution >= 4 is 0 Å². The summed E-state index contributed by atoms with van der Waals surface area (Å²) in [6.45, 7) is 12.9. The van der Waals surface area contributed by atoms with Crippen LogP contribution in [0.15, 0.2) is 0 Å². The monoisotopic (exact) mass is 248 g/mol. The topological polar surface area (TPSA) is 6.48 Å². The molecule has 2 aliphatic rings. The second kappa shape index (κ2) is 5.63. The Labute approximate surface area is 113 Å². The minimum absolute atomic E-state index is 0.306. The van der Waals surface area contributed by atoms with Gasteiger partial charge in [-0.25, -0.2) is 0 Å². The zero-order valence-corrected chi connectivity index (χ0v) is 12.4. The second-order valence-corrected chi connectivity index (χ2v) is 6.65. The average Bonchev–Trinajstić information content (AvgIpc) is 2.75. The van der Waals surface area contributed by atoms with Crippen molar-refractivity contribution in [3.8, 4) is 12.3 Å². The summed E-state index contributed by atoms with van der Waals surface area (Å²) >= 11 is 0. The molecular formula is C16H28N2. The van der Waals surface area contributed by atoms with Gasteiger partial charge in [-0.15, -0.1) is 6.42 Å². The molecular weight excluding hydrogens is 220 g/mol. The van der Waals surface area contributed by atoms with E-state index in [9.17, 15) is 0 Å². The first-order chi connectivity index (χ1) is 8.54. The maximum atomic E-state index is 5.80. The van der Waals surface area contributed by atoms with E-state index in [0.717, 1.165) is 6.04 Å². The van der Waals surface area contributed by atoms with Gasteiger partial charge in [-0.3, -0.25) is 9.80 Å². The molecule has 0 N–H and O–H groups in total. The number of rotatable bonds is 3. The van der Waals surface area contributed by atoms with Gasteiger partial charge >= 0.3 is 0 Å². The van der Waals surface area contributed by atoms with E-state index >= 15 is 0 Å². The van der Waals surface area contributed by atoms with E-state index in [-0.39, 0.29) is 0 Å². The van der Waals surface area contributed by atoms with Crippen LogP contribution in [0.4, 0.5) is 0 Å². The first-order valence-electron chi connectivity index (χ1n) is 7.50. The normalized spacial score (nSPS) is 31.6. The Morgan fingerprint density at radius 2 is 1.89 bits per heavy atom. The van der Waals surface area contributed by atoms with Crippen LogP contribution in [0.25, 0.3) is 0 Å². The highest BCUT2D eigenvalue weighted by Gasteiger charge is 2.40. The van der Waals surface area contributed by atoms with E-state index in [1.54, 1.807) is 0 Å². The van der Waals surface area contributed by atoms with Gasteiger partial charge in [-0.1, -0.05) is 33.6 Å². The number of hydrogen-bond acceptors (Lipinski definition) is 2. The van der Waals surface area contributed by atoms with Gasteiger partial charge in [-0.2, -0.15) is 0 Å². The van der Waals surface area contributed by atoms with Gasteiger partial charge in [0.1, 0.15) is 0 Å². The third-order valence-corrected chi connectivity index (χ3v) is 4.70. The lowest BCUT2D eigenvalue weighted by molar-refractivity contribution is 0.00385. The van der Waals surface area contributed by atoms with E-state index in [4.69, 9.17) is 6.42 Å². The predicted molar refractivity (Wildman–Crippen MR) is 77.4 cm³/mol. The van der Waals surface area contributed by atoms with Gasteiger partial charge in [0.25, 0.3) is 0 Å². The van der Waals surface area contributed by atoms with Crippen molar-refractivity contribution < 1.29 is 0 Å². The van der Waals surface area contributed by atoms with Gasteiger partial charge < -0.3 is 0 Å². The molecule has 3 unspecified atom stereocenters. The molecule has 0 aromatic carbocycles. The highest BCUT2D eigenvalue weighted by atomic mass is 15.3. The average molecular weight is 248 g/mol. The van der Waals surface area contributed by atoms with Gasteiger partial charge in [0, 0.05) is 25.2 Å². The van der Waals surface area contributed by atoms with Gasteiger partial charge in [0.2, 0.25) is 0 Å². The molecule has 2 aliphatic heterocycles. The summed E-state index contributed by atoms with van der Waals surface area (Å²) in [6, 6.07) is 1.69. The molecule has 2 nitrogen and oxygen atoms in total. The summed E-state index contributed by atoms with van der Waals surface area (Å²) in [5.41, 5.74) is 0. The fourth-order valence-corrected chi connectivity index (χ4v) is 3.65. The molecule has 2 saturated heterocycles. The molecule has 0 aliphatic carbocycles. The predicted octanol–water partition coefficient (Wildman–Crippen LogP) is 2.45. The number of fused-ring (bicyclic) bond motifs is 1. The van der Waals surface area contributed by atoms with Crippen molar-refractivity contribution in [1.82, 2.24) is 9.80 Å². The molecule has 0 bridgehead atoms. The van der Waals surface area contributed by atoms with Crippen LogP contribution >= 0.6 is 0 Å². The molecule has 3 atom stereocenters. The third-order valence-electron chi connectivity index (χ3n) is 4.70. The molecule has 102 valence electrons. The highest BCUT2D eigenvalue weighted by molar-refractivity contribution is 5.06. The van der Waals surface area contributed by atoms with Gasteiger partial charge in [0.05, 0.1) is 6.04 Å². The van der Waals surface area contributed by atoms with E-state index in [1.807, 2.05) is 0 Å². The van der Waals surface area contributed by atoms with Crippen molar-refractivity contribution in [2.45, 2.75) is 58.7 Å². The Hall–Kier alpha value is -0.520. The summed E-state index contributed by atoms with van der Waals surface area (Å²) in [7, 11) is 0. The lowest BCUT2D eigenvalue weighted by atomic mass is 9.92. The van der Waals surface area contributed by atoms with E-state index in [0.29, 0.717) is 23.9 Å². The lowest BCUT2D eigenvalue weighted by Crippen LogP contribution is -2.61. The van der Waals surface area contributed by atoms with Crippen LogP contribution in [0, 0.1) is 24.2 Å². The Morgan fingerprint density at radius 3 is 2.44 bits per heavy atom. The van der Waals surface area contributed by atoms with Gasteiger partial charge in [-0.05, 0) is 31.2 Å². The van der Waals surface area contributed by atoms with Crippen molar-refractivity contribution in [2.75, 3.05) is 19.6 Å². The van der Waals surface area contributed by atoms with Crippen LogP contribution in [-0.4, -0.2) is 47.6 Å². The molecule has 2 heteroatoms. The van der Waals surface area contributed by atoms with Crippen LogP contribution < -0.4 is 0 Å². The quantitative estimate of drug-likeness (QED) is 0.708. The molecule has 0 amide bonds. The lowest BCUT2D eigenvalue weighted by Gasteiger charge is -2.48. The first-order valence-corrected chi connectivity index (χ1v) is 7.50. The molecule has 2 fully saturated rings. The molecule has 0 aromatic heterocycles. The second-order valence-electron chi connectivity index (χ2n) is 6.65. The summed E-state index contributed by atoms with van der Waals surface area (Å²) in [5.74, 6) is 4.27. The largest absolute Gasteiger partial charge is 0.298 e. The van der Waals surface area contributed by atoms with E-state index < -0.39 is 0 Å². The van der Waals surface area contributed by atoms with Crippen molar-refractivity contribution in [3.05, 3.63) is 0 Å². The Balaban J connectivity index is 2.17. The standard InChI is InChI=1S/C16H28N2/c1-6-15(12(2)3)18-10-14-8-7-9-17(14)11-16(18)13(4)5/h1,12-16H,7-11H2,2-5H3. The van der Waals surface area contributed by atoms with Crippen molar-refractivity contribution in [1.29, 1.82) is 0 Å². The summed E-state index contributed by atoms with van der Waals surface area (Å²) < 4.78 is 0. The molecule has 0 radical (unpaired) electrons. The van der Waals surface area contributed by atoms with Crippen LogP contribution in [0.1, 0.15) is 40.5 Å². The Morgan fingerprint density at radius 1 is 1.17 bits per heavy atom. The minimum atomic E-state index is 0.306. The summed E-state index contributed by atoms with van der Waals surface area (Å²) in [5, 5.41) is 0. The number of piperazine rings is 1. The molecule has 0 spiro atoms. The van der Waals surface area contributed by atoms with Crippen LogP contribution in [0.2, 0.25) is 0 Å². The first kappa shape index (κ1) is 13.9. The number of hydrogen-bond donors (Lipinski definition) is 0. The number of nitrogens with zero attached hydrogens (tertiary/aromatic N) is 2. The summed E-state index contributed by atoms with van der Waals surface area (Å²) in [6.07, 6.45) is 8.52. The van der Waals surface area contributed by atoms with Crippen molar-refractivity contribution in [2.24, 2.45) is 11.8 Å². The zero-order chi connectivity index (χ0) is 13.3. The van der Waals surface area contributed by atoms with Crippen LogP contribution in [-0.2, 0) is 0 Å².